The molecule has 0 saturated heterocycles. The second-order valence-corrected chi connectivity index (χ2v) is 6.81. The lowest BCUT2D eigenvalue weighted by Crippen LogP contribution is -2.18. The first-order valence-electron chi connectivity index (χ1n) is 9.03. The van der Waals surface area contributed by atoms with Crippen LogP contribution in [-0.2, 0) is 6.42 Å². The highest BCUT2D eigenvalue weighted by atomic mass is 16.1. The average Bonchev–Trinajstić information content (AvgIpc) is 3.12. The molecule has 2 aromatic carbocycles. The first kappa shape index (κ1) is 17.1. The second kappa shape index (κ2) is 7.11. The summed E-state index contributed by atoms with van der Waals surface area (Å²) >= 11 is 0. The molecule has 5 heteroatoms. The molecule has 0 saturated carbocycles. The molecule has 4 rings (SSSR count). The van der Waals surface area contributed by atoms with Gasteiger partial charge in [-0.2, -0.15) is 0 Å². The van der Waals surface area contributed by atoms with Gasteiger partial charge in [-0.25, -0.2) is 4.98 Å². The average molecular weight is 358 g/mol. The first-order chi connectivity index (χ1) is 13.1. The molecule has 0 atom stereocenters. The Morgan fingerprint density at radius 2 is 1.85 bits per heavy atom. The number of nitrogens with zero attached hydrogens (tertiary/aromatic N) is 3. The Bertz CT molecular complexity index is 983. The van der Waals surface area contributed by atoms with Gasteiger partial charge in [-0.1, -0.05) is 30.3 Å². The van der Waals surface area contributed by atoms with Gasteiger partial charge in [-0.3, -0.25) is 4.79 Å². The summed E-state index contributed by atoms with van der Waals surface area (Å²) in [6.45, 7) is 0.877. The Labute approximate surface area is 159 Å². The molecule has 0 fully saturated rings. The summed E-state index contributed by atoms with van der Waals surface area (Å²) in [6.07, 6.45) is 0.992. The second-order valence-electron chi connectivity index (χ2n) is 6.81. The van der Waals surface area contributed by atoms with Crippen molar-refractivity contribution >= 4 is 28.8 Å². The van der Waals surface area contributed by atoms with Crippen molar-refractivity contribution in [2.45, 2.75) is 6.42 Å². The molecule has 1 amide bonds. The van der Waals surface area contributed by atoms with Crippen LogP contribution in [0.25, 0.3) is 0 Å². The van der Waals surface area contributed by atoms with E-state index in [0.29, 0.717) is 5.69 Å². The van der Waals surface area contributed by atoms with Gasteiger partial charge in [0.2, 0.25) is 0 Å². The van der Waals surface area contributed by atoms with Gasteiger partial charge in [0.1, 0.15) is 11.5 Å². The van der Waals surface area contributed by atoms with Gasteiger partial charge in [0, 0.05) is 37.7 Å². The number of carbonyl (C=O) groups excluding carboxylic acids is 1. The van der Waals surface area contributed by atoms with Gasteiger partial charge in [0.25, 0.3) is 5.91 Å². The fourth-order valence-electron chi connectivity index (χ4n) is 3.33. The Hall–Kier alpha value is -3.34. The summed E-state index contributed by atoms with van der Waals surface area (Å²) in [5, 5.41) is 2.94. The van der Waals surface area contributed by atoms with Crippen molar-refractivity contribution in [2.75, 3.05) is 35.8 Å². The lowest BCUT2D eigenvalue weighted by Gasteiger charge is -2.19. The molecule has 5 nitrogen and oxygen atoms in total. The minimum atomic E-state index is -0.208. The number of pyridine rings is 1. The number of fused-ring (bicyclic) bond motifs is 1. The first-order valence-corrected chi connectivity index (χ1v) is 9.03. The Balaban J connectivity index is 1.56. The number of nitrogens with one attached hydrogen (secondary N) is 1. The van der Waals surface area contributed by atoms with E-state index in [1.54, 1.807) is 6.07 Å². The van der Waals surface area contributed by atoms with Crippen LogP contribution in [-0.4, -0.2) is 31.5 Å². The number of amides is 1. The minimum Gasteiger partial charge on any atom is -0.378 e. The maximum Gasteiger partial charge on any atom is 0.274 e. The van der Waals surface area contributed by atoms with E-state index in [2.05, 4.69) is 33.4 Å². The third kappa shape index (κ3) is 3.49. The Morgan fingerprint density at radius 3 is 2.70 bits per heavy atom. The predicted octanol–water partition coefficient (Wildman–Crippen LogP) is 4.09. The predicted molar refractivity (Wildman–Crippen MR) is 110 cm³/mol. The van der Waals surface area contributed by atoms with E-state index < -0.39 is 0 Å². The smallest absolute Gasteiger partial charge is 0.274 e. The van der Waals surface area contributed by atoms with Crippen LogP contribution in [0.5, 0.6) is 0 Å². The van der Waals surface area contributed by atoms with Crippen LogP contribution in [0.1, 0.15) is 16.1 Å². The van der Waals surface area contributed by atoms with Gasteiger partial charge in [0.05, 0.1) is 0 Å². The molecule has 27 heavy (non-hydrogen) atoms. The molecule has 0 spiro atoms. The largest absolute Gasteiger partial charge is 0.378 e. The standard InChI is InChI=1S/C22H22N4O/c1-25(2)18-9-5-8-17(15-18)23-22(27)19-10-6-12-21(24-19)26-14-13-16-7-3-4-11-20(16)26/h3-12,15H,13-14H2,1-2H3,(H,23,27). The topological polar surface area (TPSA) is 48.5 Å². The monoisotopic (exact) mass is 358 g/mol. The summed E-state index contributed by atoms with van der Waals surface area (Å²) in [6, 6.07) is 21.7. The summed E-state index contributed by atoms with van der Waals surface area (Å²) in [4.78, 5) is 21.5. The zero-order chi connectivity index (χ0) is 18.8. The van der Waals surface area contributed by atoms with Crippen LogP contribution in [0, 0.1) is 0 Å². The highest BCUT2D eigenvalue weighted by Gasteiger charge is 2.21. The zero-order valence-corrected chi connectivity index (χ0v) is 15.5. The van der Waals surface area contributed by atoms with Crippen LogP contribution in [0.4, 0.5) is 22.9 Å². The van der Waals surface area contributed by atoms with Crippen molar-refractivity contribution in [3.05, 3.63) is 78.0 Å². The molecule has 3 aromatic rings. The number of para-hydroxylation sites is 1. The number of hydrogen-bond acceptors (Lipinski definition) is 4. The molecule has 0 bridgehead atoms. The summed E-state index contributed by atoms with van der Waals surface area (Å²) < 4.78 is 0. The molecule has 0 radical (unpaired) electrons. The van der Waals surface area contributed by atoms with E-state index in [1.165, 1.54) is 11.3 Å². The van der Waals surface area contributed by atoms with Crippen molar-refractivity contribution < 1.29 is 4.79 Å². The number of carbonyl (C=O) groups is 1. The maximum absolute atomic E-state index is 12.7. The van der Waals surface area contributed by atoms with Crippen molar-refractivity contribution in [3.8, 4) is 0 Å². The van der Waals surface area contributed by atoms with E-state index in [9.17, 15) is 4.79 Å². The minimum absolute atomic E-state index is 0.208. The number of anilines is 4. The van der Waals surface area contributed by atoms with Crippen LogP contribution in [0.15, 0.2) is 66.7 Å². The SMILES string of the molecule is CN(C)c1cccc(NC(=O)c2cccc(N3CCc4ccccc43)n2)c1. The van der Waals surface area contributed by atoms with Crippen molar-refractivity contribution in [2.24, 2.45) is 0 Å². The van der Waals surface area contributed by atoms with Gasteiger partial charge in [-0.15, -0.1) is 0 Å². The third-order valence-electron chi connectivity index (χ3n) is 4.75. The van der Waals surface area contributed by atoms with Gasteiger partial charge >= 0.3 is 0 Å². The highest BCUT2D eigenvalue weighted by Crippen LogP contribution is 2.33. The van der Waals surface area contributed by atoms with Crippen molar-refractivity contribution in [1.82, 2.24) is 4.98 Å². The maximum atomic E-state index is 12.7. The fourth-order valence-corrected chi connectivity index (χ4v) is 3.33. The molecule has 1 aromatic heterocycles. The normalized spacial score (nSPS) is 12.6. The molecule has 0 aliphatic carbocycles. The molecular formula is C22H22N4O. The summed E-state index contributed by atoms with van der Waals surface area (Å²) in [5.74, 6) is 0.592. The Morgan fingerprint density at radius 1 is 1.04 bits per heavy atom. The van der Waals surface area contributed by atoms with Crippen molar-refractivity contribution in [3.63, 3.8) is 0 Å². The number of hydrogen-bond donors (Lipinski definition) is 1. The molecular weight excluding hydrogens is 336 g/mol. The fraction of sp³-hybridized carbons (Fsp3) is 0.182. The molecule has 136 valence electrons. The molecule has 1 N–H and O–H groups in total. The Kier molecular flexibility index (Phi) is 4.50. The van der Waals surface area contributed by atoms with Gasteiger partial charge in [0.15, 0.2) is 0 Å². The number of benzene rings is 2. The number of aromatic nitrogens is 1. The molecule has 0 unspecified atom stereocenters. The molecule has 1 aliphatic rings. The summed E-state index contributed by atoms with van der Waals surface area (Å²) in [7, 11) is 3.94. The van der Waals surface area contributed by atoms with E-state index in [1.807, 2.05) is 61.5 Å². The van der Waals surface area contributed by atoms with E-state index in [0.717, 1.165) is 30.2 Å². The quantitative estimate of drug-likeness (QED) is 0.763. The summed E-state index contributed by atoms with van der Waals surface area (Å²) in [5.41, 5.74) is 4.68. The van der Waals surface area contributed by atoms with E-state index >= 15 is 0 Å². The number of rotatable bonds is 4. The van der Waals surface area contributed by atoms with Crippen molar-refractivity contribution in [1.29, 1.82) is 0 Å². The van der Waals surface area contributed by atoms with Crippen LogP contribution in [0.3, 0.4) is 0 Å². The van der Waals surface area contributed by atoms with Crippen LogP contribution >= 0.6 is 0 Å². The lowest BCUT2D eigenvalue weighted by atomic mass is 10.2. The lowest BCUT2D eigenvalue weighted by molar-refractivity contribution is 0.102. The van der Waals surface area contributed by atoms with E-state index in [-0.39, 0.29) is 5.91 Å². The molecule has 2 heterocycles. The van der Waals surface area contributed by atoms with Crippen LogP contribution in [0.2, 0.25) is 0 Å². The van der Waals surface area contributed by atoms with Gasteiger partial charge in [-0.05, 0) is 48.4 Å². The van der Waals surface area contributed by atoms with Crippen LogP contribution < -0.4 is 15.1 Å². The third-order valence-corrected chi connectivity index (χ3v) is 4.75. The van der Waals surface area contributed by atoms with E-state index in [4.69, 9.17) is 0 Å². The molecule has 1 aliphatic heterocycles. The highest BCUT2D eigenvalue weighted by molar-refractivity contribution is 6.03. The van der Waals surface area contributed by atoms with Gasteiger partial charge < -0.3 is 15.1 Å². The zero-order valence-electron chi connectivity index (χ0n) is 15.5.